The first kappa shape index (κ1) is 42.9. The molecule has 9 nitrogen and oxygen atoms in total. The van der Waals surface area contributed by atoms with Crippen molar-refractivity contribution >= 4 is 16.9 Å². The van der Waals surface area contributed by atoms with Crippen molar-refractivity contribution in [1.29, 1.82) is 0 Å². The molecule has 52 heavy (non-hydrogen) atoms. The minimum absolute atomic E-state index is 0.0800. The Morgan fingerprint density at radius 2 is 1.46 bits per heavy atom. The first-order valence-corrected chi connectivity index (χ1v) is 17.0. The van der Waals surface area contributed by atoms with Crippen LogP contribution in [0.1, 0.15) is 85.6 Å². The summed E-state index contributed by atoms with van der Waals surface area (Å²) >= 11 is 0. The average Bonchev–Trinajstić information content (AvgIpc) is 3.41. The van der Waals surface area contributed by atoms with E-state index in [1.807, 2.05) is 18.2 Å². The Morgan fingerprint density at radius 3 is 2.06 bits per heavy atom. The smallest absolute Gasteiger partial charge is 0.494 e. The van der Waals surface area contributed by atoms with Crippen molar-refractivity contribution in [2.24, 2.45) is 16.9 Å². The summed E-state index contributed by atoms with van der Waals surface area (Å²) in [4.78, 5) is 12.6. The van der Waals surface area contributed by atoms with Crippen molar-refractivity contribution in [3.05, 3.63) is 48.0 Å². The van der Waals surface area contributed by atoms with Gasteiger partial charge in [-0.2, -0.15) is 17.6 Å². The minimum atomic E-state index is -5.42. The van der Waals surface area contributed by atoms with Gasteiger partial charge in [0.25, 0.3) is 0 Å². The quantitative estimate of drug-likeness (QED) is 0.0474. The van der Waals surface area contributed by atoms with Gasteiger partial charge in [0, 0.05) is 22.5 Å². The molecular weight excluding hydrogens is 698 g/mol. The highest BCUT2D eigenvalue weighted by Crippen LogP contribution is 2.39. The monoisotopic (exact) mass is 748 g/mol. The lowest BCUT2D eigenvalue weighted by atomic mass is 9.68. The number of hydrogen-bond donors (Lipinski definition) is 2. The number of fused-ring (bicyclic) bond motifs is 1. The maximum atomic E-state index is 14.3. The van der Waals surface area contributed by atoms with Gasteiger partial charge in [-0.15, -0.1) is 8.78 Å². The summed E-state index contributed by atoms with van der Waals surface area (Å²) in [6.45, 7) is 7.94. The lowest BCUT2D eigenvalue weighted by Crippen LogP contribution is -2.59. The number of unbranched alkanes of at least 4 members (excludes halogenated alkanes) is 2. The van der Waals surface area contributed by atoms with Gasteiger partial charge in [0.15, 0.2) is 0 Å². The second-order valence-corrected chi connectivity index (χ2v) is 14.4. The Morgan fingerprint density at radius 1 is 0.827 bits per heavy atom. The summed E-state index contributed by atoms with van der Waals surface area (Å²) in [5.74, 6) is 0.198. The summed E-state index contributed by atoms with van der Waals surface area (Å²) in [6.07, 6.45) is -13.5. The van der Waals surface area contributed by atoms with Crippen LogP contribution in [0.15, 0.2) is 46.9 Å². The predicted octanol–water partition coefficient (Wildman–Crippen LogP) is 9.18. The van der Waals surface area contributed by atoms with Gasteiger partial charge in [0.1, 0.15) is 22.8 Å². The van der Waals surface area contributed by atoms with E-state index in [1.165, 1.54) is 32.9 Å². The number of ether oxygens (including phenoxy) is 5. The predicted molar refractivity (Wildman–Crippen MR) is 183 cm³/mol. The van der Waals surface area contributed by atoms with Gasteiger partial charge in [0.05, 0.1) is 44.1 Å². The molecule has 0 amide bonds. The molecule has 0 fully saturated rings. The number of carbonyl (C=O) groups excluding carboxylic acids is 1. The molecule has 0 saturated carbocycles. The van der Waals surface area contributed by atoms with Gasteiger partial charge in [0.2, 0.25) is 0 Å². The van der Waals surface area contributed by atoms with Crippen LogP contribution < -0.4 is 20.9 Å². The molecule has 0 radical (unpaired) electrons. The molecule has 0 saturated heterocycles. The van der Waals surface area contributed by atoms with Crippen molar-refractivity contribution in [2.45, 2.75) is 116 Å². The van der Waals surface area contributed by atoms with Gasteiger partial charge >= 0.3 is 24.5 Å². The summed E-state index contributed by atoms with van der Waals surface area (Å²) < 4.78 is 114. The zero-order valence-electron chi connectivity index (χ0n) is 30.7. The summed E-state index contributed by atoms with van der Waals surface area (Å²) in [6, 6.07) is 12.1. The van der Waals surface area contributed by atoms with E-state index < -0.39 is 67.0 Å². The molecule has 1 heterocycles. The van der Waals surface area contributed by atoms with E-state index in [4.69, 9.17) is 30.1 Å². The topological polar surface area (TPSA) is 128 Å². The highest BCUT2D eigenvalue weighted by atomic mass is 19.3. The third-order valence-corrected chi connectivity index (χ3v) is 8.68. The van der Waals surface area contributed by atoms with Crippen LogP contribution in [-0.2, 0) is 25.4 Å². The summed E-state index contributed by atoms with van der Waals surface area (Å²) in [5.41, 5.74) is 11.0. The molecule has 15 heteroatoms. The van der Waals surface area contributed by atoms with Crippen LogP contribution >= 0.6 is 0 Å². The summed E-state index contributed by atoms with van der Waals surface area (Å²) in [5, 5.41) is 0.676. The molecule has 1 atom stereocenters. The molecule has 0 spiro atoms. The largest absolute Gasteiger partial charge is 0.496 e. The number of aryl methyl sites for hydroxylation is 1. The molecule has 0 aliphatic rings. The first-order valence-electron chi connectivity index (χ1n) is 17.0. The second kappa shape index (κ2) is 16.6. The van der Waals surface area contributed by atoms with Gasteiger partial charge < -0.3 is 30.1 Å². The molecule has 3 rings (SSSR count). The Bertz CT molecular complexity index is 1640. The average molecular weight is 749 g/mol. The van der Waals surface area contributed by atoms with E-state index in [1.54, 1.807) is 33.1 Å². The third kappa shape index (κ3) is 12.3. The van der Waals surface area contributed by atoms with Crippen LogP contribution in [-0.4, -0.2) is 55.9 Å². The second-order valence-electron chi connectivity index (χ2n) is 14.4. The number of esters is 1. The number of methoxy groups -OCH3 is 1. The van der Waals surface area contributed by atoms with E-state index in [2.05, 4.69) is 16.4 Å². The fraction of sp³-hybridized carbons (Fsp3) is 0.595. The number of halogens is 6. The van der Waals surface area contributed by atoms with Crippen LogP contribution in [0.2, 0.25) is 0 Å². The highest BCUT2D eigenvalue weighted by Gasteiger charge is 2.52. The van der Waals surface area contributed by atoms with E-state index in [-0.39, 0.29) is 12.2 Å². The molecule has 292 valence electrons. The molecule has 2 aromatic carbocycles. The summed E-state index contributed by atoms with van der Waals surface area (Å²) in [7, 11) is 1.56. The molecule has 4 N–H and O–H groups in total. The van der Waals surface area contributed by atoms with Crippen LogP contribution in [0.25, 0.3) is 22.3 Å². The fourth-order valence-electron chi connectivity index (χ4n) is 5.51. The number of carbonyl (C=O) groups is 1. The van der Waals surface area contributed by atoms with E-state index >= 15 is 0 Å². The highest BCUT2D eigenvalue weighted by molar-refractivity contribution is 5.85. The van der Waals surface area contributed by atoms with Gasteiger partial charge in [-0.25, -0.2) is 9.47 Å². The molecule has 1 aromatic heterocycles. The maximum Gasteiger partial charge on any atom is 0.494 e. The fourth-order valence-corrected chi connectivity index (χ4v) is 5.51. The molecular formula is C37H50F6N2O7. The van der Waals surface area contributed by atoms with Crippen molar-refractivity contribution in [3.8, 4) is 22.8 Å². The van der Waals surface area contributed by atoms with Crippen LogP contribution in [0.4, 0.5) is 26.3 Å². The zero-order chi connectivity index (χ0) is 39.2. The van der Waals surface area contributed by atoms with Gasteiger partial charge in [-0.1, -0.05) is 25.8 Å². The van der Waals surface area contributed by atoms with E-state index in [9.17, 15) is 31.1 Å². The van der Waals surface area contributed by atoms with Crippen molar-refractivity contribution < 1.29 is 59.2 Å². The minimum Gasteiger partial charge on any atom is -0.496 e. The van der Waals surface area contributed by atoms with Crippen molar-refractivity contribution in [1.82, 2.24) is 0 Å². The lowest BCUT2D eigenvalue weighted by Gasteiger charge is -2.42. The Kier molecular flexibility index (Phi) is 13.7. The van der Waals surface area contributed by atoms with Gasteiger partial charge in [-0.05, 0) is 89.8 Å². The Balaban J connectivity index is 1.53. The standard InChI is InChI=1S/C37H50F6N2O7/c1-8-9-10-11-24-12-15-27(29(20-24)47-7)30-21-25-13-14-26(22-28(25)50-30)48-18-16-35(38,39)51-37(42,43)52-36(40,41)17-19-49-31(46)33(4,5)34(6,45)23-32(2,3)44/h12-15,20-22H,8-11,16-19,23,44-45H2,1-7H3. The number of furan rings is 1. The first-order chi connectivity index (χ1) is 23.9. The molecule has 3 aromatic rings. The third-order valence-electron chi connectivity index (χ3n) is 8.68. The SMILES string of the molecule is CCCCCc1ccc(-c2cc3ccc(OCCC(F)(F)OC(F)(F)OC(F)(F)CCOC(=O)C(C)(C)C(C)(N)CC(C)(C)N)cc3o2)c(OC)c1. The number of alkyl halides is 6. The zero-order valence-corrected chi connectivity index (χ0v) is 30.7. The normalized spacial score (nSPS) is 14.4. The number of nitrogens with two attached hydrogens (primary N) is 2. The molecule has 1 unspecified atom stereocenters. The van der Waals surface area contributed by atoms with Crippen LogP contribution in [0.3, 0.4) is 0 Å². The maximum absolute atomic E-state index is 14.3. The Labute approximate surface area is 300 Å². The van der Waals surface area contributed by atoms with Gasteiger partial charge in [-0.3, -0.25) is 4.79 Å². The van der Waals surface area contributed by atoms with E-state index in [0.29, 0.717) is 28.0 Å². The lowest BCUT2D eigenvalue weighted by molar-refractivity contribution is -0.514. The molecule has 0 aliphatic carbocycles. The van der Waals surface area contributed by atoms with Crippen LogP contribution in [0, 0.1) is 5.41 Å². The Hall–Kier alpha value is -3.53. The molecule has 0 bridgehead atoms. The van der Waals surface area contributed by atoms with Crippen LogP contribution in [0.5, 0.6) is 11.5 Å². The van der Waals surface area contributed by atoms with E-state index in [0.717, 1.165) is 31.2 Å². The van der Waals surface area contributed by atoms with Crippen molar-refractivity contribution in [3.63, 3.8) is 0 Å². The number of benzene rings is 2. The number of hydrogen-bond acceptors (Lipinski definition) is 9. The number of rotatable bonds is 21. The molecule has 0 aliphatic heterocycles. The van der Waals surface area contributed by atoms with Crippen molar-refractivity contribution in [2.75, 3.05) is 20.3 Å².